The van der Waals surface area contributed by atoms with Crippen LogP contribution in [0.1, 0.15) is 24.6 Å². The molecule has 1 N–H and O–H groups in total. The van der Waals surface area contributed by atoms with Crippen molar-refractivity contribution in [2.45, 2.75) is 18.9 Å². The van der Waals surface area contributed by atoms with Crippen molar-refractivity contribution in [1.82, 2.24) is 4.90 Å². The SMILES string of the molecule is COc1ccccc1NC(=O)N1CCC[C@H]1c1ccco1. The summed E-state index contributed by atoms with van der Waals surface area (Å²) in [4.78, 5) is 14.3. The number of likely N-dealkylation sites (tertiary alicyclic amines) is 1. The number of furan rings is 1. The maximum Gasteiger partial charge on any atom is 0.322 e. The number of carbonyl (C=O) groups excluding carboxylic acids is 1. The Bertz CT molecular complexity index is 610. The molecule has 5 nitrogen and oxygen atoms in total. The monoisotopic (exact) mass is 286 g/mol. The number of rotatable bonds is 3. The first kappa shape index (κ1) is 13.5. The Kier molecular flexibility index (Phi) is 3.81. The van der Waals surface area contributed by atoms with E-state index in [0.29, 0.717) is 11.4 Å². The summed E-state index contributed by atoms with van der Waals surface area (Å²) in [5.41, 5.74) is 0.676. The number of hydrogen-bond donors (Lipinski definition) is 1. The van der Waals surface area contributed by atoms with E-state index in [0.717, 1.165) is 25.1 Å². The number of para-hydroxylation sites is 2. The van der Waals surface area contributed by atoms with Gasteiger partial charge in [-0.25, -0.2) is 4.79 Å². The summed E-state index contributed by atoms with van der Waals surface area (Å²) in [5.74, 6) is 1.49. The number of nitrogens with zero attached hydrogens (tertiary/aromatic N) is 1. The molecule has 0 aliphatic carbocycles. The van der Waals surface area contributed by atoms with Gasteiger partial charge in [0, 0.05) is 6.54 Å². The number of urea groups is 1. The molecule has 0 unspecified atom stereocenters. The molecule has 1 atom stereocenters. The summed E-state index contributed by atoms with van der Waals surface area (Å²) in [6.45, 7) is 0.729. The van der Waals surface area contributed by atoms with Gasteiger partial charge >= 0.3 is 6.03 Å². The summed E-state index contributed by atoms with van der Waals surface area (Å²) >= 11 is 0. The predicted octanol–water partition coefficient (Wildman–Crippen LogP) is 3.66. The topological polar surface area (TPSA) is 54.7 Å². The maximum absolute atomic E-state index is 12.5. The molecule has 21 heavy (non-hydrogen) atoms. The minimum Gasteiger partial charge on any atom is -0.495 e. The maximum atomic E-state index is 12.5. The third kappa shape index (κ3) is 2.72. The second-order valence-electron chi connectivity index (χ2n) is 5.00. The number of methoxy groups -OCH3 is 1. The highest BCUT2D eigenvalue weighted by Crippen LogP contribution is 2.33. The van der Waals surface area contributed by atoms with Gasteiger partial charge in [-0.1, -0.05) is 12.1 Å². The van der Waals surface area contributed by atoms with Gasteiger partial charge in [0.15, 0.2) is 0 Å². The third-order valence-corrected chi connectivity index (χ3v) is 3.73. The zero-order chi connectivity index (χ0) is 14.7. The Labute approximate surface area is 123 Å². The molecule has 2 heterocycles. The molecule has 5 heteroatoms. The molecule has 1 aliphatic heterocycles. The highest BCUT2D eigenvalue weighted by Gasteiger charge is 2.32. The molecule has 0 bridgehead atoms. The Morgan fingerprint density at radius 3 is 2.95 bits per heavy atom. The third-order valence-electron chi connectivity index (χ3n) is 3.73. The Morgan fingerprint density at radius 2 is 2.19 bits per heavy atom. The number of anilines is 1. The lowest BCUT2D eigenvalue weighted by Crippen LogP contribution is -2.34. The molecule has 1 fully saturated rings. The van der Waals surface area contributed by atoms with Crippen LogP contribution in [0, 0.1) is 0 Å². The summed E-state index contributed by atoms with van der Waals surface area (Å²) in [6, 6.07) is 11.0. The van der Waals surface area contributed by atoms with Crippen molar-refractivity contribution in [2.24, 2.45) is 0 Å². The minimum absolute atomic E-state index is 0.00899. The first-order valence-electron chi connectivity index (χ1n) is 7.03. The smallest absolute Gasteiger partial charge is 0.322 e. The first-order chi connectivity index (χ1) is 10.3. The normalized spacial score (nSPS) is 17.8. The molecule has 3 rings (SSSR count). The summed E-state index contributed by atoms with van der Waals surface area (Å²) in [6.07, 6.45) is 3.54. The van der Waals surface area contributed by atoms with Crippen molar-refractivity contribution >= 4 is 11.7 Å². The van der Waals surface area contributed by atoms with E-state index in [-0.39, 0.29) is 12.1 Å². The first-order valence-corrected chi connectivity index (χ1v) is 7.03. The lowest BCUT2D eigenvalue weighted by molar-refractivity contribution is 0.199. The lowest BCUT2D eigenvalue weighted by atomic mass is 10.2. The molecule has 110 valence electrons. The highest BCUT2D eigenvalue weighted by atomic mass is 16.5. The number of nitrogens with one attached hydrogen (secondary N) is 1. The zero-order valence-corrected chi connectivity index (χ0v) is 11.9. The van der Waals surface area contributed by atoms with Gasteiger partial charge in [0.2, 0.25) is 0 Å². The van der Waals surface area contributed by atoms with Gasteiger partial charge in [0.05, 0.1) is 25.1 Å². The molecule has 1 saturated heterocycles. The Hall–Kier alpha value is -2.43. The van der Waals surface area contributed by atoms with Gasteiger partial charge in [-0.2, -0.15) is 0 Å². The Balaban J connectivity index is 1.75. The van der Waals surface area contributed by atoms with Crippen LogP contribution < -0.4 is 10.1 Å². The van der Waals surface area contributed by atoms with Crippen LogP contribution in [0.15, 0.2) is 47.1 Å². The lowest BCUT2D eigenvalue weighted by Gasteiger charge is -2.24. The highest BCUT2D eigenvalue weighted by molar-refractivity contribution is 5.91. The van der Waals surface area contributed by atoms with Crippen LogP contribution in [-0.2, 0) is 0 Å². The average Bonchev–Trinajstić information content (AvgIpc) is 3.18. The van der Waals surface area contributed by atoms with E-state index in [4.69, 9.17) is 9.15 Å². The van der Waals surface area contributed by atoms with Gasteiger partial charge < -0.3 is 19.4 Å². The van der Waals surface area contributed by atoms with Crippen molar-refractivity contribution in [3.63, 3.8) is 0 Å². The predicted molar refractivity (Wildman–Crippen MR) is 79.4 cm³/mol. The van der Waals surface area contributed by atoms with Crippen molar-refractivity contribution in [3.05, 3.63) is 48.4 Å². The molecular weight excluding hydrogens is 268 g/mol. The average molecular weight is 286 g/mol. The molecular formula is C16H18N2O3. The van der Waals surface area contributed by atoms with E-state index in [9.17, 15) is 4.79 Å². The van der Waals surface area contributed by atoms with E-state index < -0.39 is 0 Å². The fourth-order valence-corrected chi connectivity index (χ4v) is 2.72. The van der Waals surface area contributed by atoms with Gasteiger partial charge in [-0.05, 0) is 37.1 Å². The molecule has 0 radical (unpaired) electrons. The van der Waals surface area contributed by atoms with Gasteiger partial charge in [-0.15, -0.1) is 0 Å². The van der Waals surface area contributed by atoms with E-state index in [2.05, 4.69) is 5.32 Å². The van der Waals surface area contributed by atoms with Gasteiger partial charge in [0.1, 0.15) is 11.5 Å². The molecule has 0 saturated carbocycles. The summed E-state index contributed by atoms with van der Waals surface area (Å²) in [7, 11) is 1.59. The van der Waals surface area contributed by atoms with Crippen molar-refractivity contribution in [1.29, 1.82) is 0 Å². The largest absolute Gasteiger partial charge is 0.495 e. The molecule has 2 amide bonds. The molecule has 1 aliphatic rings. The fraction of sp³-hybridized carbons (Fsp3) is 0.312. The van der Waals surface area contributed by atoms with Crippen molar-refractivity contribution in [2.75, 3.05) is 19.0 Å². The number of hydrogen-bond acceptors (Lipinski definition) is 3. The number of carbonyl (C=O) groups is 1. The minimum atomic E-state index is -0.126. The van der Waals surface area contributed by atoms with E-state index in [1.807, 2.05) is 41.3 Å². The second-order valence-corrected chi connectivity index (χ2v) is 5.00. The molecule has 1 aromatic carbocycles. The van der Waals surface area contributed by atoms with Crippen LogP contribution in [-0.4, -0.2) is 24.6 Å². The summed E-state index contributed by atoms with van der Waals surface area (Å²) < 4.78 is 10.7. The van der Waals surface area contributed by atoms with Gasteiger partial charge in [-0.3, -0.25) is 0 Å². The number of ether oxygens (including phenoxy) is 1. The fourth-order valence-electron chi connectivity index (χ4n) is 2.72. The van der Waals surface area contributed by atoms with Gasteiger partial charge in [0.25, 0.3) is 0 Å². The number of benzene rings is 1. The quantitative estimate of drug-likeness (QED) is 0.936. The van der Waals surface area contributed by atoms with Crippen LogP contribution in [0.4, 0.5) is 10.5 Å². The molecule has 2 aromatic rings. The Morgan fingerprint density at radius 1 is 1.33 bits per heavy atom. The van der Waals surface area contributed by atoms with Crippen LogP contribution in [0.3, 0.4) is 0 Å². The number of amides is 2. The summed E-state index contributed by atoms with van der Waals surface area (Å²) in [5, 5.41) is 2.92. The van der Waals surface area contributed by atoms with E-state index in [1.54, 1.807) is 13.4 Å². The van der Waals surface area contributed by atoms with Crippen LogP contribution in [0.5, 0.6) is 5.75 Å². The second kappa shape index (κ2) is 5.91. The van der Waals surface area contributed by atoms with Crippen LogP contribution in [0.25, 0.3) is 0 Å². The van der Waals surface area contributed by atoms with E-state index in [1.165, 1.54) is 0 Å². The zero-order valence-electron chi connectivity index (χ0n) is 11.9. The molecule has 0 spiro atoms. The van der Waals surface area contributed by atoms with Crippen molar-refractivity contribution in [3.8, 4) is 5.75 Å². The van der Waals surface area contributed by atoms with E-state index >= 15 is 0 Å². The standard InChI is InChI=1S/C16H18N2O3/c1-20-14-8-3-2-6-12(14)17-16(19)18-10-4-7-13(18)15-9-5-11-21-15/h2-3,5-6,8-9,11,13H,4,7,10H2,1H3,(H,17,19)/t13-/m0/s1. The van der Waals surface area contributed by atoms with Crippen molar-refractivity contribution < 1.29 is 13.9 Å². The molecule has 1 aromatic heterocycles. The van der Waals surface area contributed by atoms with Crippen LogP contribution in [0.2, 0.25) is 0 Å². The van der Waals surface area contributed by atoms with Crippen LogP contribution >= 0.6 is 0 Å².